The first-order valence-corrected chi connectivity index (χ1v) is 7.67. The first-order valence-electron chi connectivity index (χ1n) is 6.55. The summed E-state index contributed by atoms with van der Waals surface area (Å²) in [4.78, 5) is 36.9. The van der Waals surface area contributed by atoms with Crippen molar-refractivity contribution < 1.29 is 14.4 Å². The lowest BCUT2D eigenvalue weighted by Gasteiger charge is -2.38. The molecule has 106 valence electrons. The van der Waals surface area contributed by atoms with Crippen molar-refractivity contribution in [1.29, 1.82) is 0 Å². The van der Waals surface area contributed by atoms with Gasteiger partial charge in [-0.1, -0.05) is 15.9 Å². The van der Waals surface area contributed by atoms with Crippen LogP contribution in [0.4, 0.5) is 4.79 Å². The fourth-order valence-corrected chi connectivity index (χ4v) is 3.01. The van der Waals surface area contributed by atoms with Crippen molar-refractivity contribution in [3.05, 3.63) is 0 Å². The van der Waals surface area contributed by atoms with Crippen LogP contribution in [0.25, 0.3) is 0 Å². The predicted molar refractivity (Wildman–Crippen MR) is 72.9 cm³/mol. The standard InChI is InChI=1S/C12H18BrN3O3/c13-6-2-1-4-9(17)16-7-3-5-12(8-16)10(18)14-11(19)15-12/h1-8H2,(H2,14,15,18,19). The summed E-state index contributed by atoms with van der Waals surface area (Å²) >= 11 is 3.33. The van der Waals surface area contributed by atoms with Gasteiger partial charge >= 0.3 is 6.03 Å². The molecule has 1 unspecified atom stereocenters. The van der Waals surface area contributed by atoms with E-state index in [1.807, 2.05) is 0 Å². The van der Waals surface area contributed by atoms with Gasteiger partial charge in [0, 0.05) is 18.3 Å². The maximum absolute atomic E-state index is 12.1. The monoisotopic (exact) mass is 331 g/mol. The molecule has 2 aliphatic rings. The number of nitrogens with zero attached hydrogens (tertiary/aromatic N) is 1. The second kappa shape index (κ2) is 5.90. The van der Waals surface area contributed by atoms with E-state index in [0.717, 1.165) is 24.6 Å². The molecule has 2 heterocycles. The van der Waals surface area contributed by atoms with Crippen LogP contribution in [0.1, 0.15) is 32.1 Å². The average molecular weight is 332 g/mol. The van der Waals surface area contributed by atoms with Crippen molar-refractivity contribution in [2.45, 2.75) is 37.6 Å². The third-order valence-corrected chi connectivity index (χ3v) is 4.19. The SMILES string of the molecule is O=C1NC(=O)C2(CCCN(C(=O)CCCCBr)C2)N1. The lowest BCUT2D eigenvalue weighted by Crippen LogP contribution is -2.59. The van der Waals surface area contributed by atoms with E-state index in [9.17, 15) is 14.4 Å². The van der Waals surface area contributed by atoms with E-state index in [-0.39, 0.29) is 18.4 Å². The van der Waals surface area contributed by atoms with Crippen molar-refractivity contribution in [3.63, 3.8) is 0 Å². The minimum Gasteiger partial charge on any atom is -0.340 e. The van der Waals surface area contributed by atoms with Crippen LogP contribution in [0, 0.1) is 0 Å². The van der Waals surface area contributed by atoms with Crippen LogP contribution in [-0.4, -0.2) is 46.7 Å². The number of amides is 4. The normalized spacial score (nSPS) is 26.5. The molecule has 7 heteroatoms. The highest BCUT2D eigenvalue weighted by Gasteiger charge is 2.49. The largest absolute Gasteiger partial charge is 0.340 e. The lowest BCUT2D eigenvalue weighted by atomic mass is 9.89. The molecule has 0 bridgehead atoms. The van der Waals surface area contributed by atoms with E-state index in [1.165, 1.54) is 0 Å². The molecular weight excluding hydrogens is 314 g/mol. The molecule has 0 aromatic carbocycles. The van der Waals surface area contributed by atoms with Crippen molar-refractivity contribution in [2.24, 2.45) is 0 Å². The maximum Gasteiger partial charge on any atom is 0.322 e. The van der Waals surface area contributed by atoms with E-state index >= 15 is 0 Å². The van der Waals surface area contributed by atoms with Gasteiger partial charge in [0.25, 0.3) is 5.91 Å². The van der Waals surface area contributed by atoms with Crippen LogP contribution in [0.5, 0.6) is 0 Å². The Morgan fingerprint density at radius 2 is 2.16 bits per heavy atom. The fourth-order valence-electron chi connectivity index (χ4n) is 2.61. The lowest BCUT2D eigenvalue weighted by molar-refractivity contribution is -0.136. The van der Waals surface area contributed by atoms with Crippen LogP contribution >= 0.6 is 15.9 Å². The van der Waals surface area contributed by atoms with Gasteiger partial charge < -0.3 is 10.2 Å². The van der Waals surface area contributed by atoms with Crippen LogP contribution in [0.3, 0.4) is 0 Å². The summed E-state index contributed by atoms with van der Waals surface area (Å²) in [5.74, 6) is -0.246. The van der Waals surface area contributed by atoms with Crippen molar-refractivity contribution in [2.75, 3.05) is 18.4 Å². The van der Waals surface area contributed by atoms with Gasteiger partial charge in [-0.05, 0) is 25.7 Å². The van der Waals surface area contributed by atoms with E-state index in [4.69, 9.17) is 0 Å². The molecule has 0 radical (unpaired) electrons. The van der Waals surface area contributed by atoms with Crippen molar-refractivity contribution in [1.82, 2.24) is 15.5 Å². The number of alkyl halides is 1. The number of unbranched alkanes of at least 4 members (excludes halogenated alkanes) is 1. The van der Waals surface area contributed by atoms with E-state index < -0.39 is 11.6 Å². The molecule has 2 rings (SSSR count). The Morgan fingerprint density at radius 3 is 2.79 bits per heavy atom. The number of imide groups is 1. The Labute approximate surface area is 120 Å². The highest BCUT2D eigenvalue weighted by Crippen LogP contribution is 2.25. The zero-order valence-corrected chi connectivity index (χ0v) is 12.3. The van der Waals surface area contributed by atoms with Gasteiger partial charge in [0.15, 0.2) is 0 Å². The number of hydrogen-bond donors (Lipinski definition) is 2. The van der Waals surface area contributed by atoms with E-state index in [0.29, 0.717) is 19.4 Å². The smallest absolute Gasteiger partial charge is 0.322 e. The molecule has 0 saturated carbocycles. The second-order valence-electron chi connectivity index (χ2n) is 5.06. The molecular formula is C12H18BrN3O3. The first-order chi connectivity index (χ1) is 9.07. The molecule has 0 aromatic heterocycles. The fraction of sp³-hybridized carbons (Fsp3) is 0.750. The molecule has 19 heavy (non-hydrogen) atoms. The Morgan fingerprint density at radius 1 is 1.37 bits per heavy atom. The Hall–Kier alpha value is -1.11. The molecule has 2 saturated heterocycles. The average Bonchev–Trinajstić information content (AvgIpc) is 2.64. The molecule has 1 atom stereocenters. The zero-order valence-electron chi connectivity index (χ0n) is 10.7. The third kappa shape index (κ3) is 3.08. The number of hydrogen-bond acceptors (Lipinski definition) is 3. The number of carbonyl (C=O) groups excluding carboxylic acids is 3. The van der Waals surface area contributed by atoms with Gasteiger partial charge in [-0.2, -0.15) is 0 Å². The molecule has 0 aromatic rings. The highest BCUT2D eigenvalue weighted by atomic mass is 79.9. The van der Waals surface area contributed by atoms with Crippen LogP contribution < -0.4 is 10.6 Å². The number of likely N-dealkylation sites (tertiary alicyclic amines) is 1. The summed E-state index contributed by atoms with van der Waals surface area (Å²) in [7, 11) is 0. The topological polar surface area (TPSA) is 78.5 Å². The summed E-state index contributed by atoms with van der Waals surface area (Å²) in [6.07, 6.45) is 3.62. The summed E-state index contributed by atoms with van der Waals surface area (Å²) in [5, 5.41) is 5.82. The van der Waals surface area contributed by atoms with Crippen LogP contribution in [-0.2, 0) is 9.59 Å². The molecule has 4 amide bonds. The summed E-state index contributed by atoms with van der Waals surface area (Å²) in [6.45, 7) is 0.954. The highest BCUT2D eigenvalue weighted by molar-refractivity contribution is 9.09. The molecule has 1 spiro atoms. The Bertz CT molecular complexity index is 402. The molecule has 6 nitrogen and oxygen atoms in total. The summed E-state index contributed by atoms with van der Waals surface area (Å²) < 4.78 is 0. The van der Waals surface area contributed by atoms with Gasteiger partial charge in [-0.3, -0.25) is 14.9 Å². The van der Waals surface area contributed by atoms with Gasteiger partial charge in [0.1, 0.15) is 5.54 Å². The number of rotatable bonds is 4. The number of piperidine rings is 1. The summed E-state index contributed by atoms with van der Waals surface area (Å²) in [5.41, 5.74) is -0.902. The maximum atomic E-state index is 12.1. The van der Waals surface area contributed by atoms with Gasteiger partial charge in [-0.25, -0.2) is 4.79 Å². The van der Waals surface area contributed by atoms with E-state index in [2.05, 4.69) is 26.6 Å². The summed E-state index contributed by atoms with van der Waals surface area (Å²) in [6, 6.07) is -0.460. The van der Waals surface area contributed by atoms with Gasteiger partial charge in [0.2, 0.25) is 5.91 Å². The predicted octanol–water partition coefficient (Wildman–Crippen LogP) is 0.752. The van der Waals surface area contributed by atoms with E-state index in [1.54, 1.807) is 4.90 Å². The number of urea groups is 1. The molecule has 2 aliphatic heterocycles. The van der Waals surface area contributed by atoms with Gasteiger partial charge in [-0.15, -0.1) is 0 Å². The van der Waals surface area contributed by atoms with Crippen LogP contribution in [0.2, 0.25) is 0 Å². The second-order valence-corrected chi connectivity index (χ2v) is 5.85. The van der Waals surface area contributed by atoms with Crippen LogP contribution in [0.15, 0.2) is 0 Å². The van der Waals surface area contributed by atoms with Crippen molar-refractivity contribution in [3.8, 4) is 0 Å². The Kier molecular flexibility index (Phi) is 4.44. The number of carbonyl (C=O) groups is 3. The minimum atomic E-state index is -0.902. The number of nitrogens with one attached hydrogen (secondary N) is 2. The molecule has 2 fully saturated rings. The minimum absolute atomic E-state index is 0.0639. The quantitative estimate of drug-likeness (QED) is 0.453. The third-order valence-electron chi connectivity index (χ3n) is 3.63. The number of halogens is 1. The Balaban J connectivity index is 1.95. The molecule has 2 N–H and O–H groups in total. The first kappa shape index (κ1) is 14.3. The van der Waals surface area contributed by atoms with Gasteiger partial charge in [0.05, 0.1) is 6.54 Å². The zero-order chi connectivity index (χ0) is 13.9. The van der Waals surface area contributed by atoms with Crippen molar-refractivity contribution >= 4 is 33.8 Å². The molecule has 0 aliphatic carbocycles.